The van der Waals surface area contributed by atoms with E-state index in [1.54, 1.807) is 25.6 Å². The van der Waals surface area contributed by atoms with Crippen molar-refractivity contribution in [1.29, 1.82) is 0 Å². The minimum atomic E-state index is 0.590. The average molecular weight is 407 g/mol. The Kier molecular flexibility index (Phi) is 5.07. The number of hydrogen-bond donors (Lipinski definition) is 1. The number of nitrogens with zero attached hydrogens (tertiary/aromatic N) is 1. The lowest BCUT2D eigenvalue weighted by molar-refractivity contribution is 0.407. The van der Waals surface area contributed by atoms with Crippen LogP contribution >= 0.6 is 43.5 Å². The molecule has 0 aliphatic rings. The van der Waals surface area contributed by atoms with Crippen LogP contribution < -0.4 is 10.1 Å². The Morgan fingerprint density at radius 1 is 1.37 bits per heavy atom. The zero-order valence-corrected chi connectivity index (χ0v) is 14.0. The maximum Gasteiger partial charge on any atom is 0.138 e. The number of anilines is 1. The second-order valence-electron chi connectivity index (χ2n) is 3.79. The van der Waals surface area contributed by atoms with Gasteiger partial charge in [0.25, 0.3) is 0 Å². The minimum absolute atomic E-state index is 0.590. The van der Waals surface area contributed by atoms with Crippen LogP contribution in [0.2, 0.25) is 5.02 Å². The number of benzene rings is 1. The first-order valence-electron chi connectivity index (χ1n) is 5.47. The fourth-order valence-electron chi connectivity index (χ4n) is 1.67. The molecule has 1 heterocycles. The Morgan fingerprint density at radius 3 is 2.84 bits per heavy atom. The number of ether oxygens (including phenoxy) is 1. The van der Waals surface area contributed by atoms with E-state index in [0.29, 0.717) is 11.6 Å². The molecule has 0 bridgehead atoms. The third-order valence-electron chi connectivity index (χ3n) is 2.53. The maximum absolute atomic E-state index is 6.07. The van der Waals surface area contributed by atoms with Gasteiger partial charge in [-0.2, -0.15) is 0 Å². The molecule has 0 atom stereocenters. The van der Waals surface area contributed by atoms with Crippen molar-refractivity contribution in [3.8, 4) is 5.75 Å². The summed E-state index contributed by atoms with van der Waals surface area (Å²) < 4.78 is 7.28. The molecule has 0 unspecified atom stereocenters. The molecule has 0 radical (unpaired) electrons. The molecule has 0 aliphatic heterocycles. The van der Waals surface area contributed by atoms with Gasteiger partial charge in [-0.25, -0.2) is 0 Å². The normalized spacial score (nSPS) is 10.3. The van der Waals surface area contributed by atoms with Crippen LogP contribution in [0.5, 0.6) is 5.75 Å². The smallest absolute Gasteiger partial charge is 0.138 e. The molecule has 0 spiro atoms. The van der Waals surface area contributed by atoms with Crippen LogP contribution in [-0.4, -0.2) is 12.1 Å². The molecule has 100 valence electrons. The highest BCUT2D eigenvalue weighted by Crippen LogP contribution is 2.33. The van der Waals surface area contributed by atoms with Crippen LogP contribution in [0.15, 0.2) is 39.5 Å². The first-order chi connectivity index (χ1) is 9.11. The Morgan fingerprint density at radius 2 is 2.16 bits per heavy atom. The van der Waals surface area contributed by atoms with Gasteiger partial charge in [0.05, 0.1) is 28.5 Å². The highest BCUT2D eigenvalue weighted by Gasteiger charge is 2.09. The highest BCUT2D eigenvalue weighted by molar-refractivity contribution is 9.11. The van der Waals surface area contributed by atoms with Crippen molar-refractivity contribution < 1.29 is 4.74 Å². The van der Waals surface area contributed by atoms with Crippen molar-refractivity contribution in [2.24, 2.45) is 0 Å². The van der Waals surface area contributed by atoms with Gasteiger partial charge in [-0.05, 0) is 34.1 Å². The summed E-state index contributed by atoms with van der Waals surface area (Å²) >= 11 is 13.0. The molecule has 19 heavy (non-hydrogen) atoms. The van der Waals surface area contributed by atoms with Gasteiger partial charge in [0.1, 0.15) is 5.75 Å². The largest absolute Gasteiger partial charge is 0.495 e. The lowest BCUT2D eigenvalue weighted by Crippen LogP contribution is -2.03. The number of rotatable bonds is 4. The van der Waals surface area contributed by atoms with E-state index in [1.807, 2.05) is 12.1 Å². The molecule has 0 saturated carbocycles. The summed E-state index contributed by atoms with van der Waals surface area (Å²) in [7, 11) is 1.65. The van der Waals surface area contributed by atoms with Gasteiger partial charge in [0.15, 0.2) is 0 Å². The van der Waals surface area contributed by atoms with Crippen LogP contribution in [0.25, 0.3) is 0 Å². The average Bonchev–Trinajstić information content (AvgIpc) is 2.37. The Labute approximate surface area is 133 Å². The van der Waals surface area contributed by atoms with Crippen molar-refractivity contribution in [2.45, 2.75) is 6.54 Å². The highest BCUT2D eigenvalue weighted by atomic mass is 79.9. The molecule has 2 aromatic rings. The van der Waals surface area contributed by atoms with Crippen LogP contribution in [0.3, 0.4) is 0 Å². The number of halogens is 3. The van der Waals surface area contributed by atoms with E-state index in [2.05, 4.69) is 42.2 Å². The van der Waals surface area contributed by atoms with Gasteiger partial charge in [-0.3, -0.25) is 4.98 Å². The van der Waals surface area contributed by atoms with Gasteiger partial charge in [0.2, 0.25) is 0 Å². The van der Waals surface area contributed by atoms with Gasteiger partial charge < -0.3 is 10.1 Å². The molecule has 0 amide bonds. The Balaban J connectivity index is 2.22. The molecule has 0 aliphatic carbocycles. The van der Waals surface area contributed by atoms with Crippen molar-refractivity contribution in [1.82, 2.24) is 4.98 Å². The standard InChI is InChI=1S/C13H11Br2ClN2O/c1-19-13-8(4-9(14)5-10(13)15)6-18-12-7-17-3-2-11(12)16/h2-5,7,18H,6H2,1H3. The molecule has 1 N–H and O–H groups in total. The number of pyridine rings is 1. The lowest BCUT2D eigenvalue weighted by Gasteiger charge is -2.13. The summed E-state index contributed by atoms with van der Waals surface area (Å²) in [6, 6.07) is 5.69. The monoisotopic (exact) mass is 404 g/mol. The SMILES string of the molecule is COc1c(Br)cc(Br)cc1CNc1cnccc1Cl. The molecule has 1 aromatic carbocycles. The fourth-order valence-corrected chi connectivity index (χ4v) is 3.32. The summed E-state index contributed by atoms with van der Waals surface area (Å²) in [5.41, 5.74) is 1.81. The van der Waals surface area contributed by atoms with E-state index in [-0.39, 0.29) is 0 Å². The fraction of sp³-hybridized carbons (Fsp3) is 0.154. The van der Waals surface area contributed by atoms with Crippen molar-refractivity contribution in [3.63, 3.8) is 0 Å². The summed E-state index contributed by atoms with van der Waals surface area (Å²) in [6.45, 7) is 0.590. The molecule has 1 aromatic heterocycles. The quantitative estimate of drug-likeness (QED) is 0.786. The van der Waals surface area contributed by atoms with E-state index >= 15 is 0 Å². The van der Waals surface area contributed by atoms with E-state index in [1.165, 1.54) is 0 Å². The second-order valence-corrected chi connectivity index (χ2v) is 5.97. The number of methoxy groups -OCH3 is 1. The molecule has 0 saturated heterocycles. The number of hydrogen-bond acceptors (Lipinski definition) is 3. The van der Waals surface area contributed by atoms with Gasteiger partial charge in [0, 0.05) is 22.8 Å². The number of nitrogens with one attached hydrogen (secondary N) is 1. The van der Waals surface area contributed by atoms with Crippen LogP contribution in [0.4, 0.5) is 5.69 Å². The van der Waals surface area contributed by atoms with Crippen LogP contribution in [-0.2, 0) is 6.54 Å². The van der Waals surface area contributed by atoms with E-state index in [0.717, 1.165) is 25.9 Å². The topological polar surface area (TPSA) is 34.1 Å². The van der Waals surface area contributed by atoms with Gasteiger partial charge >= 0.3 is 0 Å². The predicted octanol–water partition coefficient (Wildman–Crippen LogP) is 4.88. The second kappa shape index (κ2) is 6.59. The number of aromatic nitrogens is 1. The summed E-state index contributed by atoms with van der Waals surface area (Å²) in [5, 5.41) is 3.88. The molecular formula is C13H11Br2ClN2O. The van der Waals surface area contributed by atoms with Crippen molar-refractivity contribution in [3.05, 3.63) is 50.1 Å². The van der Waals surface area contributed by atoms with Gasteiger partial charge in [-0.15, -0.1) is 0 Å². The van der Waals surface area contributed by atoms with E-state index < -0.39 is 0 Å². The molecule has 2 rings (SSSR count). The van der Waals surface area contributed by atoms with Crippen LogP contribution in [0, 0.1) is 0 Å². The molecule has 3 nitrogen and oxygen atoms in total. The van der Waals surface area contributed by atoms with Crippen LogP contribution in [0.1, 0.15) is 5.56 Å². The molecular weight excluding hydrogens is 395 g/mol. The first kappa shape index (κ1) is 14.6. The van der Waals surface area contributed by atoms with Gasteiger partial charge in [-0.1, -0.05) is 27.5 Å². The van der Waals surface area contributed by atoms with E-state index in [9.17, 15) is 0 Å². The zero-order chi connectivity index (χ0) is 13.8. The van der Waals surface area contributed by atoms with Crippen molar-refractivity contribution >= 4 is 49.1 Å². The lowest BCUT2D eigenvalue weighted by atomic mass is 10.2. The predicted molar refractivity (Wildman–Crippen MR) is 85.0 cm³/mol. The van der Waals surface area contributed by atoms with Crippen molar-refractivity contribution in [2.75, 3.05) is 12.4 Å². The maximum atomic E-state index is 6.07. The minimum Gasteiger partial charge on any atom is -0.495 e. The third-order valence-corrected chi connectivity index (χ3v) is 3.90. The summed E-state index contributed by atoms with van der Waals surface area (Å²) in [4.78, 5) is 4.04. The summed E-state index contributed by atoms with van der Waals surface area (Å²) in [5.74, 6) is 0.802. The Bertz CT molecular complexity index is 593. The first-order valence-corrected chi connectivity index (χ1v) is 7.43. The Hall–Kier alpha value is -0.780. The summed E-state index contributed by atoms with van der Waals surface area (Å²) in [6.07, 6.45) is 3.35. The van der Waals surface area contributed by atoms with E-state index in [4.69, 9.17) is 16.3 Å². The molecule has 6 heteroatoms. The zero-order valence-electron chi connectivity index (χ0n) is 10.1. The third kappa shape index (κ3) is 3.61. The molecule has 0 fully saturated rings.